The zero-order valence-electron chi connectivity index (χ0n) is 11.0. The molecule has 0 aromatic heterocycles. The number of hydrogen-bond donors (Lipinski definition) is 1. The van der Waals surface area contributed by atoms with Crippen molar-refractivity contribution in [2.75, 3.05) is 39.9 Å². The Hall–Kier alpha value is -0.120. The molecule has 1 fully saturated rings. The third-order valence-electron chi connectivity index (χ3n) is 3.74. The topological polar surface area (TPSA) is 38.5 Å². The summed E-state index contributed by atoms with van der Waals surface area (Å²) in [5.74, 6) is 1.56. The van der Waals surface area contributed by atoms with Crippen LogP contribution in [0.2, 0.25) is 0 Å². The van der Waals surface area contributed by atoms with Gasteiger partial charge in [0.25, 0.3) is 0 Å². The molecule has 1 aliphatic carbocycles. The first kappa shape index (κ1) is 13.9. The van der Waals surface area contributed by atoms with Crippen LogP contribution in [-0.2, 0) is 4.74 Å². The van der Waals surface area contributed by atoms with Crippen molar-refractivity contribution in [2.45, 2.75) is 32.6 Å². The maximum absolute atomic E-state index is 5.85. The van der Waals surface area contributed by atoms with Crippen molar-refractivity contribution in [3.8, 4) is 0 Å². The first-order valence-electron chi connectivity index (χ1n) is 6.74. The van der Waals surface area contributed by atoms with Crippen LogP contribution in [0.15, 0.2) is 0 Å². The summed E-state index contributed by atoms with van der Waals surface area (Å²) in [4.78, 5) is 2.40. The number of rotatable bonds is 7. The van der Waals surface area contributed by atoms with Crippen molar-refractivity contribution in [1.29, 1.82) is 0 Å². The molecule has 0 heterocycles. The van der Waals surface area contributed by atoms with Crippen LogP contribution >= 0.6 is 0 Å². The molecule has 0 saturated heterocycles. The van der Waals surface area contributed by atoms with Crippen LogP contribution in [0.5, 0.6) is 0 Å². The highest BCUT2D eigenvalue weighted by Crippen LogP contribution is 2.29. The lowest BCUT2D eigenvalue weighted by molar-refractivity contribution is 0.104. The van der Waals surface area contributed by atoms with Gasteiger partial charge in [0.2, 0.25) is 0 Å². The highest BCUT2D eigenvalue weighted by Gasteiger charge is 2.24. The van der Waals surface area contributed by atoms with Gasteiger partial charge in [-0.2, -0.15) is 0 Å². The van der Waals surface area contributed by atoms with Gasteiger partial charge in [-0.05, 0) is 45.2 Å². The molecule has 0 bridgehead atoms. The summed E-state index contributed by atoms with van der Waals surface area (Å²) in [6.45, 7) is 6.82. The lowest BCUT2D eigenvalue weighted by Crippen LogP contribution is -2.36. The van der Waals surface area contributed by atoms with Crippen LogP contribution in [0.25, 0.3) is 0 Å². The fourth-order valence-corrected chi connectivity index (χ4v) is 2.69. The minimum absolute atomic E-state index is 0.753. The van der Waals surface area contributed by atoms with Crippen LogP contribution in [-0.4, -0.2) is 44.8 Å². The highest BCUT2D eigenvalue weighted by atomic mass is 16.5. The average Bonchev–Trinajstić information content (AvgIpc) is 2.30. The van der Waals surface area contributed by atoms with Gasteiger partial charge in [-0.15, -0.1) is 0 Å². The third-order valence-corrected chi connectivity index (χ3v) is 3.74. The van der Waals surface area contributed by atoms with E-state index >= 15 is 0 Å². The van der Waals surface area contributed by atoms with Gasteiger partial charge in [-0.3, -0.25) is 0 Å². The van der Waals surface area contributed by atoms with Gasteiger partial charge >= 0.3 is 0 Å². The fourth-order valence-electron chi connectivity index (χ4n) is 2.69. The summed E-state index contributed by atoms with van der Waals surface area (Å²) >= 11 is 0. The summed E-state index contributed by atoms with van der Waals surface area (Å²) in [7, 11) is 2.20. The van der Waals surface area contributed by atoms with Crippen LogP contribution in [0.4, 0.5) is 0 Å². The van der Waals surface area contributed by atoms with Gasteiger partial charge < -0.3 is 15.4 Å². The van der Waals surface area contributed by atoms with Crippen molar-refractivity contribution < 1.29 is 4.74 Å². The second kappa shape index (κ2) is 8.04. The Morgan fingerprint density at radius 2 is 1.94 bits per heavy atom. The van der Waals surface area contributed by atoms with E-state index in [0.29, 0.717) is 0 Å². The lowest BCUT2D eigenvalue weighted by Gasteiger charge is -2.33. The van der Waals surface area contributed by atoms with E-state index in [4.69, 9.17) is 10.5 Å². The molecule has 3 heteroatoms. The normalized spacial score (nSPS) is 26.2. The molecule has 0 aliphatic heterocycles. The van der Waals surface area contributed by atoms with Crippen molar-refractivity contribution >= 4 is 0 Å². The quantitative estimate of drug-likeness (QED) is 0.674. The first-order valence-corrected chi connectivity index (χ1v) is 6.74. The Morgan fingerprint density at radius 1 is 1.25 bits per heavy atom. The van der Waals surface area contributed by atoms with Crippen molar-refractivity contribution in [3.05, 3.63) is 0 Å². The van der Waals surface area contributed by atoms with Crippen LogP contribution < -0.4 is 5.73 Å². The van der Waals surface area contributed by atoms with Gasteiger partial charge in [-0.25, -0.2) is 0 Å². The molecule has 1 aliphatic rings. The second-order valence-electron chi connectivity index (χ2n) is 5.00. The molecule has 3 nitrogen and oxygen atoms in total. The summed E-state index contributed by atoms with van der Waals surface area (Å²) in [5.41, 5.74) is 5.85. The summed E-state index contributed by atoms with van der Waals surface area (Å²) in [6, 6.07) is 0. The number of ether oxygens (including phenoxy) is 1. The summed E-state index contributed by atoms with van der Waals surface area (Å²) in [5, 5.41) is 0. The van der Waals surface area contributed by atoms with E-state index in [1.54, 1.807) is 0 Å². The molecule has 0 radical (unpaired) electrons. The fraction of sp³-hybridized carbons (Fsp3) is 1.00. The van der Waals surface area contributed by atoms with Gasteiger partial charge in [0.05, 0.1) is 6.61 Å². The standard InChI is InChI=1S/C13H28N2O/c1-3-16-9-8-15(2)11-13-7-5-4-6-12(13)10-14/h12-13H,3-11,14H2,1-2H3. The van der Waals surface area contributed by atoms with E-state index in [0.717, 1.165) is 38.1 Å². The highest BCUT2D eigenvalue weighted by molar-refractivity contribution is 4.78. The van der Waals surface area contributed by atoms with E-state index < -0.39 is 0 Å². The average molecular weight is 228 g/mol. The molecular weight excluding hydrogens is 200 g/mol. The summed E-state index contributed by atoms with van der Waals surface area (Å²) in [6.07, 6.45) is 5.46. The maximum atomic E-state index is 5.85. The van der Waals surface area contributed by atoms with Gasteiger partial charge in [-0.1, -0.05) is 12.8 Å². The largest absolute Gasteiger partial charge is 0.380 e. The number of nitrogens with two attached hydrogens (primary N) is 1. The first-order chi connectivity index (χ1) is 7.77. The number of nitrogens with zero attached hydrogens (tertiary/aromatic N) is 1. The molecule has 0 aromatic carbocycles. The molecule has 2 unspecified atom stereocenters. The van der Waals surface area contributed by atoms with E-state index in [1.807, 2.05) is 6.92 Å². The third kappa shape index (κ3) is 4.81. The monoisotopic (exact) mass is 228 g/mol. The molecule has 1 saturated carbocycles. The lowest BCUT2D eigenvalue weighted by atomic mass is 9.79. The molecular formula is C13H28N2O. The molecule has 0 aromatic rings. The van der Waals surface area contributed by atoms with E-state index in [9.17, 15) is 0 Å². The van der Waals surface area contributed by atoms with E-state index in [-0.39, 0.29) is 0 Å². The van der Waals surface area contributed by atoms with E-state index in [1.165, 1.54) is 32.2 Å². The molecule has 16 heavy (non-hydrogen) atoms. The Morgan fingerprint density at radius 3 is 2.56 bits per heavy atom. The Bertz CT molecular complexity index is 175. The van der Waals surface area contributed by atoms with Gasteiger partial charge in [0.15, 0.2) is 0 Å². The van der Waals surface area contributed by atoms with Crippen molar-refractivity contribution in [2.24, 2.45) is 17.6 Å². The van der Waals surface area contributed by atoms with Crippen LogP contribution in [0.3, 0.4) is 0 Å². The predicted octanol–water partition coefficient (Wildman–Crippen LogP) is 1.72. The molecule has 1 rings (SSSR count). The van der Waals surface area contributed by atoms with Gasteiger partial charge in [0, 0.05) is 19.7 Å². The smallest absolute Gasteiger partial charge is 0.0593 e. The summed E-state index contributed by atoms with van der Waals surface area (Å²) < 4.78 is 5.38. The second-order valence-corrected chi connectivity index (χ2v) is 5.00. The molecule has 2 N–H and O–H groups in total. The molecule has 0 amide bonds. The minimum atomic E-state index is 0.753. The number of hydrogen-bond acceptors (Lipinski definition) is 3. The number of likely N-dealkylation sites (N-methyl/N-ethyl adjacent to an activating group) is 1. The molecule has 96 valence electrons. The molecule has 0 spiro atoms. The van der Waals surface area contributed by atoms with Crippen LogP contribution in [0.1, 0.15) is 32.6 Å². The Labute approximate surface area is 100 Å². The van der Waals surface area contributed by atoms with Crippen molar-refractivity contribution in [1.82, 2.24) is 4.90 Å². The minimum Gasteiger partial charge on any atom is -0.380 e. The zero-order valence-corrected chi connectivity index (χ0v) is 11.0. The zero-order chi connectivity index (χ0) is 11.8. The Kier molecular flexibility index (Phi) is 7.01. The van der Waals surface area contributed by atoms with E-state index in [2.05, 4.69) is 11.9 Å². The molecule has 2 atom stereocenters. The van der Waals surface area contributed by atoms with Crippen molar-refractivity contribution in [3.63, 3.8) is 0 Å². The van der Waals surface area contributed by atoms with Crippen LogP contribution in [0, 0.1) is 11.8 Å². The Balaban J connectivity index is 2.22. The SMILES string of the molecule is CCOCCN(C)CC1CCCCC1CN. The predicted molar refractivity (Wildman–Crippen MR) is 68.5 cm³/mol. The maximum Gasteiger partial charge on any atom is 0.0593 e. The van der Waals surface area contributed by atoms with Gasteiger partial charge in [0.1, 0.15) is 0 Å².